The van der Waals surface area contributed by atoms with Gasteiger partial charge in [0.2, 0.25) is 0 Å². The standard InChI is InChI=1S/C23H27N5/c1-2-17(12-20-19-13-22(24)26-14-21(19)27-23(20)25)18-8-6-16(7-9-18)15-28-10-4-3-5-11-28/h2,6-9,12-14,27H,1,3-5,10-11,15,25H2,(H2,24,26)/b17-12+. The van der Waals surface area contributed by atoms with Crippen molar-refractivity contribution in [1.29, 1.82) is 0 Å². The van der Waals surface area contributed by atoms with Crippen molar-refractivity contribution in [3.05, 3.63) is 65.9 Å². The number of pyridine rings is 1. The Labute approximate surface area is 165 Å². The Bertz CT molecular complexity index is 1010. The SMILES string of the molecule is C=C/C(=C\c1c(N)[nH]c2cnc(N)cc12)c1ccc(CN2CCCCC2)cc1. The van der Waals surface area contributed by atoms with Crippen LogP contribution in [-0.2, 0) is 6.54 Å². The summed E-state index contributed by atoms with van der Waals surface area (Å²) in [4.78, 5) is 9.82. The van der Waals surface area contributed by atoms with Crippen LogP contribution in [0.1, 0.15) is 36.0 Å². The van der Waals surface area contributed by atoms with Gasteiger partial charge in [0.1, 0.15) is 11.6 Å². The number of benzene rings is 1. The van der Waals surface area contributed by atoms with Gasteiger partial charge in [0, 0.05) is 17.5 Å². The number of aromatic nitrogens is 2. The number of anilines is 2. The molecule has 28 heavy (non-hydrogen) atoms. The number of nitrogens with two attached hydrogens (primary N) is 2. The van der Waals surface area contributed by atoms with Gasteiger partial charge in [0.15, 0.2) is 0 Å². The van der Waals surface area contributed by atoms with Crippen molar-refractivity contribution in [2.24, 2.45) is 0 Å². The fraction of sp³-hybridized carbons (Fsp3) is 0.261. The molecule has 0 spiro atoms. The van der Waals surface area contributed by atoms with E-state index in [0.717, 1.165) is 34.1 Å². The van der Waals surface area contributed by atoms with Gasteiger partial charge in [-0.25, -0.2) is 4.98 Å². The Morgan fingerprint density at radius 1 is 1.14 bits per heavy atom. The minimum absolute atomic E-state index is 0.475. The lowest BCUT2D eigenvalue weighted by Crippen LogP contribution is -2.29. The summed E-state index contributed by atoms with van der Waals surface area (Å²) in [6.07, 6.45) is 9.62. The highest BCUT2D eigenvalue weighted by Gasteiger charge is 2.12. The number of H-pyrrole nitrogens is 1. The van der Waals surface area contributed by atoms with Gasteiger partial charge in [0.25, 0.3) is 0 Å². The van der Waals surface area contributed by atoms with Crippen LogP contribution in [0.15, 0.2) is 49.2 Å². The highest BCUT2D eigenvalue weighted by molar-refractivity contribution is 6.01. The van der Waals surface area contributed by atoms with Crippen LogP contribution in [0.4, 0.5) is 11.6 Å². The van der Waals surface area contributed by atoms with Gasteiger partial charge in [0.05, 0.1) is 11.7 Å². The molecule has 5 nitrogen and oxygen atoms in total. The quantitative estimate of drug-likeness (QED) is 0.577. The van der Waals surface area contributed by atoms with E-state index in [9.17, 15) is 0 Å². The number of nitrogens with one attached hydrogen (secondary N) is 1. The Morgan fingerprint density at radius 2 is 1.89 bits per heavy atom. The topological polar surface area (TPSA) is 84.0 Å². The number of allylic oxidation sites excluding steroid dienone is 2. The summed E-state index contributed by atoms with van der Waals surface area (Å²) in [5.74, 6) is 1.08. The van der Waals surface area contributed by atoms with Crippen molar-refractivity contribution >= 4 is 34.2 Å². The number of hydrogen-bond acceptors (Lipinski definition) is 4. The van der Waals surface area contributed by atoms with Crippen molar-refractivity contribution in [3.8, 4) is 0 Å². The van der Waals surface area contributed by atoms with Crippen LogP contribution in [0, 0.1) is 0 Å². The molecule has 1 fully saturated rings. The van der Waals surface area contributed by atoms with E-state index in [-0.39, 0.29) is 0 Å². The maximum Gasteiger partial charge on any atom is 0.124 e. The van der Waals surface area contributed by atoms with E-state index in [2.05, 4.69) is 51.8 Å². The molecule has 1 saturated heterocycles. The maximum absolute atomic E-state index is 6.20. The lowest BCUT2D eigenvalue weighted by atomic mass is 10.0. The summed E-state index contributed by atoms with van der Waals surface area (Å²) in [5.41, 5.74) is 17.3. The highest BCUT2D eigenvalue weighted by Crippen LogP contribution is 2.30. The van der Waals surface area contributed by atoms with Crippen molar-refractivity contribution in [3.63, 3.8) is 0 Å². The largest absolute Gasteiger partial charge is 0.385 e. The van der Waals surface area contributed by atoms with Crippen molar-refractivity contribution in [2.45, 2.75) is 25.8 Å². The first-order valence-electron chi connectivity index (χ1n) is 9.82. The fourth-order valence-corrected chi connectivity index (χ4v) is 3.90. The molecule has 0 amide bonds. The van der Waals surface area contributed by atoms with E-state index in [1.807, 2.05) is 12.1 Å². The van der Waals surface area contributed by atoms with Crippen LogP contribution >= 0.6 is 0 Å². The molecule has 0 unspecified atom stereocenters. The van der Waals surface area contributed by atoms with Gasteiger partial charge in [-0.3, -0.25) is 4.90 Å². The molecule has 5 heteroatoms. The molecule has 144 valence electrons. The predicted octanol–water partition coefficient (Wildman–Crippen LogP) is 4.44. The first-order valence-corrected chi connectivity index (χ1v) is 9.82. The number of rotatable bonds is 5. The second kappa shape index (κ2) is 7.90. The smallest absolute Gasteiger partial charge is 0.124 e. The molecule has 0 aliphatic carbocycles. The van der Waals surface area contributed by atoms with Crippen LogP contribution in [-0.4, -0.2) is 28.0 Å². The molecule has 1 aromatic carbocycles. The number of hydrogen-bond donors (Lipinski definition) is 3. The lowest BCUT2D eigenvalue weighted by molar-refractivity contribution is 0.221. The van der Waals surface area contributed by atoms with Gasteiger partial charge >= 0.3 is 0 Å². The zero-order chi connectivity index (χ0) is 19.5. The third-order valence-corrected chi connectivity index (χ3v) is 5.44. The number of fused-ring (bicyclic) bond motifs is 1. The third kappa shape index (κ3) is 3.80. The summed E-state index contributed by atoms with van der Waals surface area (Å²) in [7, 11) is 0. The van der Waals surface area contributed by atoms with Crippen molar-refractivity contribution in [2.75, 3.05) is 24.6 Å². The number of nitrogen functional groups attached to an aromatic ring is 2. The van der Waals surface area contributed by atoms with Gasteiger partial charge in [-0.1, -0.05) is 43.3 Å². The van der Waals surface area contributed by atoms with E-state index in [0.29, 0.717) is 11.6 Å². The Morgan fingerprint density at radius 3 is 2.61 bits per heavy atom. The van der Waals surface area contributed by atoms with E-state index < -0.39 is 0 Å². The molecule has 1 aliphatic rings. The molecular formula is C23H27N5. The van der Waals surface area contributed by atoms with Crippen LogP contribution < -0.4 is 11.5 Å². The van der Waals surface area contributed by atoms with Crippen LogP contribution in [0.25, 0.3) is 22.6 Å². The average Bonchev–Trinajstić information content (AvgIpc) is 3.02. The average molecular weight is 374 g/mol. The molecule has 3 heterocycles. The van der Waals surface area contributed by atoms with Gasteiger partial charge in [-0.15, -0.1) is 0 Å². The van der Waals surface area contributed by atoms with E-state index >= 15 is 0 Å². The summed E-state index contributed by atoms with van der Waals surface area (Å²) in [6.45, 7) is 7.43. The first-order chi connectivity index (χ1) is 13.6. The molecule has 2 aromatic heterocycles. The molecule has 0 radical (unpaired) electrons. The Balaban J connectivity index is 1.61. The second-order valence-electron chi connectivity index (χ2n) is 7.44. The van der Waals surface area contributed by atoms with Gasteiger partial charge in [-0.05, 0) is 54.8 Å². The second-order valence-corrected chi connectivity index (χ2v) is 7.44. The number of nitrogens with zero attached hydrogens (tertiary/aromatic N) is 2. The number of piperidine rings is 1. The van der Waals surface area contributed by atoms with Crippen molar-refractivity contribution < 1.29 is 0 Å². The van der Waals surface area contributed by atoms with E-state index in [4.69, 9.17) is 11.5 Å². The minimum Gasteiger partial charge on any atom is -0.385 e. The monoisotopic (exact) mass is 373 g/mol. The summed E-state index contributed by atoms with van der Waals surface area (Å²) < 4.78 is 0. The minimum atomic E-state index is 0.475. The molecule has 0 bridgehead atoms. The zero-order valence-electron chi connectivity index (χ0n) is 16.1. The first kappa shape index (κ1) is 18.3. The fourth-order valence-electron chi connectivity index (χ4n) is 3.90. The van der Waals surface area contributed by atoms with Crippen LogP contribution in [0.5, 0.6) is 0 Å². The molecule has 1 aliphatic heterocycles. The number of likely N-dealkylation sites (tertiary alicyclic amines) is 1. The van der Waals surface area contributed by atoms with Crippen molar-refractivity contribution in [1.82, 2.24) is 14.9 Å². The molecule has 0 saturated carbocycles. The summed E-state index contributed by atoms with van der Waals surface area (Å²) in [6, 6.07) is 10.6. The molecule has 5 N–H and O–H groups in total. The molecular weight excluding hydrogens is 346 g/mol. The van der Waals surface area contributed by atoms with Crippen LogP contribution in [0.2, 0.25) is 0 Å². The molecule has 3 aromatic rings. The van der Waals surface area contributed by atoms with E-state index in [1.54, 1.807) is 6.20 Å². The van der Waals surface area contributed by atoms with Gasteiger partial charge in [-0.2, -0.15) is 0 Å². The van der Waals surface area contributed by atoms with E-state index in [1.165, 1.54) is 37.9 Å². The summed E-state index contributed by atoms with van der Waals surface area (Å²) in [5, 5.41) is 0.964. The predicted molar refractivity (Wildman–Crippen MR) is 119 cm³/mol. The van der Waals surface area contributed by atoms with Gasteiger partial charge < -0.3 is 16.5 Å². The highest BCUT2D eigenvalue weighted by atomic mass is 15.1. The lowest BCUT2D eigenvalue weighted by Gasteiger charge is -2.26. The zero-order valence-corrected chi connectivity index (χ0v) is 16.1. The Kier molecular flexibility index (Phi) is 5.17. The Hall–Kier alpha value is -3.05. The number of aromatic amines is 1. The summed E-state index contributed by atoms with van der Waals surface area (Å²) >= 11 is 0. The van der Waals surface area contributed by atoms with Crippen LogP contribution in [0.3, 0.4) is 0 Å². The molecule has 0 atom stereocenters. The third-order valence-electron chi connectivity index (χ3n) is 5.44. The normalized spacial score (nSPS) is 15.8. The maximum atomic E-state index is 6.20. The molecule has 4 rings (SSSR count).